The Bertz CT molecular complexity index is 2800. The lowest BCUT2D eigenvalue weighted by atomic mass is 9.80. The van der Waals surface area contributed by atoms with Crippen molar-refractivity contribution in [3.63, 3.8) is 0 Å². The summed E-state index contributed by atoms with van der Waals surface area (Å²) in [5.74, 6) is 1.55. The van der Waals surface area contributed by atoms with Crippen LogP contribution < -0.4 is 10.2 Å². The number of aliphatic imine (C=N–C) groups is 2. The Morgan fingerprint density at radius 2 is 1.33 bits per heavy atom. The molecule has 1 aliphatic carbocycles. The zero-order valence-corrected chi connectivity index (χ0v) is 30.4. The van der Waals surface area contributed by atoms with Gasteiger partial charge in [0.2, 0.25) is 0 Å². The first-order valence-corrected chi connectivity index (χ1v) is 18.8. The van der Waals surface area contributed by atoms with Gasteiger partial charge >= 0.3 is 0 Å². The predicted molar refractivity (Wildman–Crippen MR) is 229 cm³/mol. The molecule has 0 spiro atoms. The van der Waals surface area contributed by atoms with Crippen molar-refractivity contribution in [3.8, 4) is 11.1 Å². The van der Waals surface area contributed by atoms with Gasteiger partial charge in [0, 0.05) is 55.8 Å². The fourth-order valence-corrected chi connectivity index (χ4v) is 7.99. The van der Waals surface area contributed by atoms with Gasteiger partial charge in [0.1, 0.15) is 23.2 Å². The van der Waals surface area contributed by atoms with Crippen LogP contribution in [0, 0.1) is 5.41 Å². The second-order valence-electron chi connectivity index (χ2n) is 14.5. The maximum Gasteiger partial charge on any atom is 0.159 e. The molecule has 0 bridgehead atoms. The fourth-order valence-electron chi connectivity index (χ4n) is 7.99. The van der Waals surface area contributed by atoms with E-state index >= 15 is 0 Å². The van der Waals surface area contributed by atoms with E-state index in [-0.39, 0.29) is 11.6 Å². The second-order valence-corrected chi connectivity index (χ2v) is 14.5. The first-order valence-electron chi connectivity index (χ1n) is 18.8. The summed E-state index contributed by atoms with van der Waals surface area (Å²) in [6.07, 6.45) is 9.41. The fraction of sp³-hybridized carbons (Fsp3) is 0.0800. The number of amidine groups is 2. The van der Waals surface area contributed by atoms with E-state index in [0.717, 1.165) is 90.1 Å². The van der Waals surface area contributed by atoms with Gasteiger partial charge in [-0.2, -0.15) is 0 Å². The summed E-state index contributed by atoms with van der Waals surface area (Å²) in [5.41, 5.74) is 8.91. The van der Waals surface area contributed by atoms with E-state index in [4.69, 9.17) is 14.4 Å². The number of hydrogen-bond acceptors (Lipinski definition) is 5. The number of fused-ring (bicyclic) bond motifs is 5. The molecule has 0 amide bonds. The summed E-state index contributed by atoms with van der Waals surface area (Å²) in [5, 5.41) is 8.13. The van der Waals surface area contributed by atoms with Gasteiger partial charge in [-0.15, -0.1) is 0 Å². The molecule has 8 aromatic rings. The SMILES string of the molecule is CC1(C2N=C(c3ccccc3)N=C(c3cccc(-c4cc5ccccc5c5oc6cc(N(c7ccccc7)c7ccccc7)ccc6c45)c3)N2)C=CC=CC1. The third-order valence-electron chi connectivity index (χ3n) is 10.9. The van der Waals surface area contributed by atoms with Crippen LogP contribution >= 0.6 is 0 Å². The van der Waals surface area contributed by atoms with Gasteiger partial charge in [0.05, 0.1) is 0 Å². The number of nitrogens with one attached hydrogen (secondary N) is 1. The molecule has 7 aromatic carbocycles. The Labute approximate surface area is 320 Å². The lowest BCUT2D eigenvalue weighted by Gasteiger charge is -2.36. The molecule has 0 radical (unpaired) electrons. The average molecular weight is 711 g/mol. The van der Waals surface area contributed by atoms with Gasteiger partial charge in [-0.1, -0.05) is 140 Å². The number of benzene rings is 7. The molecule has 0 fully saturated rings. The van der Waals surface area contributed by atoms with Crippen LogP contribution in [0.1, 0.15) is 24.5 Å². The summed E-state index contributed by atoms with van der Waals surface area (Å²) < 4.78 is 6.90. The maximum atomic E-state index is 6.90. The molecule has 10 rings (SSSR count). The van der Waals surface area contributed by atoms with Gasteiger partial charge in [-0.3, -0.25) is 0 Å². The van der Waals surface area contributed by atoms with Crippen LogP contribution in [0.25, 0.3) is 43.8 Å². The van der Waals surface area contributed by atoms with Gasteiger partial charge in [-0.05, 0) is 71.5 Å². The third kappa shape index (κ3) is 5.91. The summed E-state index contributed by atoms with van der Waals surface area (Å²) in [6, 6.07) is 57.3. The van der Waals surface area contributed by atoms with Crippen LogP contribution in [-0.2, 0) is 0 Å². The molecule has 2 unspecified atom stereocenters. The highest BCUT2D eigenvalue weighted by molar-refractivity contribution is 6.22. The monoisotopic (exact) mass is 710 g/mol. The molecule has 2 heterocycles. The molecule has 0 saturated heterocycles. The summed E-state index contributed by atoms with van der Waals surface area (Å²) >= 11 is 0. The molecule has 2 aliphatic rings. The molecular weight excluding hydrogens is 673 g/mol. The Morgan fingerprint density at radius 1 is 0.636 bits per heavy atom. The van der Waals surface area contributed by atoms with E-state index in [1.54, 1.807) is 0 Å². The van der Waals surface area contributed by atoms with E-state index in [9.17, 15) is 0 Å². The quantitative estimate of drug-likeness (QED) is 0.179. The number of allylic oxidation sites excluding steroid dienone is 3. The van der Waals surface area contributed by atoms with Crippen molar-refractivity contribution >= 4 is 61.4 Å². The minimum atomic E-state index is -0.205. The molecule has 5 nitrogen and oxygen atoms in total. The Kier molecular flexibility index (Phi) is 7.99. The minimum absolute atomic E-state index is 0.189. The summed E-state index contributed by atoms with van der Waals surface area (Å²) in [6.45, 7) is 2.26. The first-order chi connectivity index (χ1) is 27.1. The number of furan rings is 1. The van der Waals surface area contributed by atoms with E-state index in [1.165, 1.54) is 0 Å². The Hall–Kier alpha value is -6.98. The molecule has 1 aliphatic heterocycles. The van der Waals surface area contributed by atoms with E-state index in [1.807, 2.05) is 30.3 Å². The zero-order valence-electron chi connectivity index (χ0n) is 30.4. The molecule has 0 saturated carbocycles. The lowest BCUT2D eigenvalue weighted by Crippen LogP contribution is -2.48. The van der Waals surface area contributed by atoms with Gasteiger partial charge in [0.25, 0.3) is 0 Å². The molecule has 1 aromatic heterocycles. The topological polar surface area (TPSA) is 53.1 Å². The molecule has 55 heavy (non-hydrogen) atoms. The highest BCUT2D eigenvalue weighted by Gasteiger charge is 2.35. The van der Waals surface area contributed by atoms with Crippen LogP contribution in [0.4, 0.5) is 17.1 Å². The van der Waals surface area contributed by atoms with Crippen molar-refractivity contribution in [2.75, 3.05) is 4.90 Å². The normalized spacial score (nSPS) is 17.9. The van der Waals surface area contributed by atoms with Crippen molar-refractivity contribution in [2.45, 2.75) is 19.5 Å². The van der Waals surface area contributed by atoms with Crippen molar-refractivity contribution < 1.29 is 4.42 Å². The molecular formula is C50H38N4O. The van der Waals surface area contributed by atoms with Crippen LogP contribution in [0.15, 0.2) is 202 Å². The number of hydrogen-bond donors (Lipinski definition) is 1. The van der Waals surface area contributed by atoms with Crippen molar-refractivity contribution in [2.24, 2.45) is 15.4 Å². The number of para-hydroxylation sites is 2. The third-order valence-corrected chi connectivity index (χ3v) is 10.9. The highest BCUT2D eigenvalue weighted by atomic mass is 16.3. The molecule has 2 atom stereocenters. The lowest BCUT2D eigenvalue weighted by molar-refractivity contribution is 0.318. The minimum Gasteiger partial charge on any atom is -0.455 e. The van der Waals surface area contributed by atoms with E-state index in [0.29, 0.717) is 0 Å². The summed E-state index contributed by atoms with van der Waals surface area (Å²) in [4.78, 5) is 12.6. The van der Waals surface area contributed by atoms with E-state index in [2.05, 4.69) is 175 Å². The van der Waals surface area contributed by atoms with Crippen LogP contribution in [0.5, 0.6) is 0 Å². The average Bonchev–Trinajstić information content (AvgIpc) is 3.64. The van der Waals surface area contributed by atoms with E-state index < -0.39 is 0 Å². The highest BCUT2D eigenvalue weighted by Crippen LogP contribution is 2.44. The predicted octanol–water partition coefficient (Wildman–Crippen LogP) is 12.5. The largest absolute Gasteiger partial charge is 0.455 e. The van der Waals surface area contributed by atoms with Gasteiger partial charge in [0.15, 0.2) is 5.84 Å². The Morgan fingerprint density at radius 3 is 2.07 bits per heavy atom. The van der Waals surface area contributed by atoms with Gasteiger partial charge in [-0.25, -0.2) is 9.98 Å². The molecule has 5 heteroatoms. The molecule has 1 N–H and O–H groups in total. The smallest absolute Gasteiger partial charge is 0.159 e. The van der Waals surface area contributed by atoms with Crippen molar-refractivity contribution in [1.29, 1.82) is 0 Å². The zero-order chi connectivity index (χ0) is 36.8. The maximum absolute atomic E-state index is 6.90. The first kappa shape index (κ1) is 32.7. The van der Waals surface area contributed by atoms with Crippen molar-refractivity contribution in [1.82, 2.24) is 5.32 Å². The van der Waals surface area contributed by atoms with Crippen LogP contribution in [0.3, 0.4) is 0 Å². The van der Waals surface area contributed by atoms with Crippen LogP contribution in [0.2, 0.25) is 0 Å². The van der Waals surface area contributed by atoms with Gasteiger partial charge < -0.3 is 14.6 Å². The number of anilines is 3. The standard InChI is InChI=1S/C50H38N4O/c1-50(29-14-5-15-30-50)49-52-47(34-17-6-2-7-18-34)51-48(53-49)37-21-16-20-35(31-37)43-32-36-19-12-13-26-41(36)46-45(43)42-28-27-40(33-44(42)55-46)54(38-22-8-3-9-23-38)39-24-10-4-11-25-39/h2-29,31-33,49H,30H2,1H3,(H,51,52,53). The number of rotatable bonds is 7. The number of nitrogens with zero attached hydrogens (tertiary/aromatic N) is 3. The summed E-state index contributed by atoms with van der Waals surface area (Å²) in [7, 11) is 0. The molecule has 264 valence electrons. The van der Waals surface area contributed by atoms with Crippen molar-refractivity contribution in [3.05, 3.63) is 199 Å². The van der Waals surface area contributed by atoms with Crippen LogP contribution in [-0.4, -0.2) is 17.8 Å². The second kappa shape index (κ2) is 13.5. The Balaban J connectivity index is 1.12.